The van der Waals surface area contributed by atoms with E-state index in [2.05, 4.69) is 17.6 Å². The van der Waals surface area contributed by atoms with Crippen molar-refractivity contribution in [1.82, 2.24) is 5.32 Å². The predicted molar refractivity (Wildman–Crippen MR) is 95.5 cm³/mol. The first-order valence-corrected chi connectivity index (χ1v) is 8.71. The summed E-state index contributed by atoms with van der Waals surface area (Å²) >= 11 is 0. The van der Waals surface area contributed by atoms with E-state index in [0.29, 0.717) is 12.2 Å². The van der Waals surface area contributed by atoms with Gasteiger partial charge < -0.3 is 10.6 Å². The molecule has 2 amide bonds. The Morgan fingerprint density at radius 2 is 1.57 bits per heavy atom. The van der Waals surface area contributed by atoms with Crippen molar-refractivity contribution in [3.8, 4) is 0 Å². The highest BCUT2D eigenvalue weighted by Gasteiger charge is 2.13. The first-order chi connectivity index (χ1) is 11.0. The highest BCUT2D eigenvalue weighted by Crippen LogP contribution is 2.16. The van der Waals surface area contributed by atoms with Gasteiger partial charge in [0.1, 0.15) is 0 Å². The van der Waals surface area contributed by atoms with Crippen LogP contribution >= 0.6 is 0 Å². The topological polar surface area (TPSA) is 58.2 Å². The van der Waals surface area contributed by atoms with Crippen LogP contribution < -0.4 is 10.6 Å². The van der Waals surface area contributed by atoms with Crippen LogP contribution in [0.3, 0.4) is 0 Å². The normalized spacial score (nSPS) is 10.4. The van der Waals surface area contributed by atoms with Crippen molar-refractivity contribution in [2.45, 2.75) is 65.7 Å². The zero-order valence-corrected chi connectivity index (χ0v) is 14.7. The second kappa shape index (κ2) is 10.8. The minimum atomic E-state index is -0.596. The Hall–Kier alpha value is -1.84. The largest absolute Gasteiger partial charge is 0.348 e. The lowest BCUT2D eigenvalue weighted by Crippen LogP contribution is -2.36. The van der Waals surface area contributed by atoms with Crippen LogP contribution in [-0.4, -0.2) is 18.4 Å². The summed E-state index contributed by atoms with van der Waals surface area (Å²) in [5.74, 6) is -1.15. The molecule has 0 radical (unpaired) electrons. The van der Waals surface area contributed by atoms with E-state index in [4.69, 9.17) is 0 Å². The molecule has 0 aromatic heterocycles. The average molecular weight is 318 g/mol. The van der Waals surface area contributed by atoms with E-state index in [1.807, 2.05) is 32.0 Å². The molecular weight excluding hydrogens is 288 g/mol. The van der Waals surface area contributed by atoms with Crippen molar-refractivity contribution in [3.05, 3.63) is 29.3 Å². The molecule has 1 aromatic rings. The maximum Gasteiger partial charge on any atom is 0.313 e. The molecule has 0 fully saturated rings. The molecule has 0 aliphatic rings. The van der Waals surface area contributed by atoms with Crippen LogP contribution in [0.4, 0.5) is 5.69 Å². The number of benzene rings is 1. The van der Waals surface area contributed by atoms with Crippen molar-refractivity contribution in [3.63, 3.8) is 0 Å². The second-order valence-corrected chi connectivity index (χ2v) is 6.15. The summed E-state index contributed by atoms with van der Waals surface area (Å²) in [5, 5.41) is 5.36. The maximum atomic E-state index is 11.9. The van der Waals surface area contributed by atoms with Crippen LogP contribution in [0.2, 0.25) is 0 Å². The molecule has 0 unspecified atom stereocenters. The Labute approximate surface area is 140 Å². The van der Waals surface area contributed by atoms with Crippen LogP contribution in [0.5, 0.6) is 0 Å². The highest BCUT2D eigenvalue weighted by molar-refractivity contribution is 6.39. The number of carbonyl (C=O) groups is 2. The second-order valence-electron chi connectivity index (χ2n) is 6.15. The number of anilines is 1. The minimum Gasteiger partial charge on any atom is -0.348 e. The minimum absolute atomic E-state index is 0.558. The number of hydrogen-bond acceptors (Lipinski definition) is 2. The van der Waals surface area contributed by atoms with Gasteiger partial charge in [0.15, 0.2) is 0 Å². The number of hydrogen-bond donors (Lipinski definition) is 2. The molecule has 4 nitrogen and oxygen atoms in total. The Kier molecular flexibility index (Phi) is 9.03. The van der Waals surface area contributed by atoms with Gasteiger partial charge >= 0.3 is 11.8 Å². The van der Waals surface area contributed by atoms with Crippen molar-refractivity contribution in [1.29, 1.82) is 0 Å². The molecule has 0 saturated carbocycles. The summed E-state index contributed by atoms with van der Waals surface area (Å²) in [5.41, 5.74) is 2.69. The summed E-state index contributed by atoms with van der Waals surface area (Å²) in [7, 11) is 0. The number of unbranched alkanes of at least 4 members (excludes halogenated alkanes) is 6. The fourth-order valence-corrected chi connectivity index (χ4v) is 2.41. The molecule has 4 heteroatoms. The van der Waals surface area contributed by atoms with E-state index in [9.17, 15) is 9.59 Å². The Morgan fingerprint density at radius 1 is 0.913 bits per heavy atom. The van der Waals surface area contributed by atoms with Gasteiger partial charge in [0.05, 0.1) is 0 Å². The Morgan fingerprint density at radius 3 is 2.26 bits per heavy atom. The lowest BCUT2D eigenvalue weighted by atomic mass is 10.1. The fourth-order valence-electron chi connectivity index (χ4n) is 2.41. The van der Waals surface area contributed by atoms with Crippen molar-refractivity contribution < 1.29 is 9.59 Å². The van der Waals surface area contributed by atoms with Gasteiger partial charge in [-0.2, -0.15) is 0 Å². The molecule has 0 atom stereocenters. The van der Waals surface area contributed by atoms with E-state index >= 15 is 0 Å². The number of carbonyl (C=O) groups excluding carboxylic acids is 2. The van der Waals surface area contributed by atoms with E-state index in [0.717, 1.165) is 24.0 Å². The summed E-state index contributed by atoms with van der Waals surface area (Å²) in [6, 6.07) is 5.78. The summed E-state index contributed by atoms with van der Waals surface area (Å²) in [4.78, 5) is 23.7. The monoisotopic (exact) mass is 318 g/mol. The molecule has 0 saturated heterocycles. The molecule has 0 bridgehead atoms. The summed E-state index contributed by atoms with van der Waals surface area (Å²) in [6.45, 7) is 6.63. The third-order valence-corrected chi connectivity index (χ3v) is 3.91. The van der Waals surface area contributed by atoms with Gasteiger partial charge in [0.25, 0.3) is 0 Å². The number of rotatable bonds is 9. The third kappa shape index (κ3) is 7.82. The molecule has 1 aromatic carbocycles. The van der Waals surface area contributed by atoms with Crippen LogP contribution in [0, 0.1) is 13.8 Å². The lowest BCUT2D eigenvalue weighted by Gasteiger charge is -2.09. The predicted octanol–water partition coefficient (Wildman–Crippen LogP) is 4.11. The van der Waals surface area contributed by atoms with Crippen molar-refractivity contribution >= 4 is 17.5 Å². The maximum absolute atomic E-state index is 11.9. The molecule has 0 spiro atoms. The lowest BCUT2D eigenvalue weighted by molar-refractivity contribution is -0.136. The van der Waals surface area contributed by atoms with Gasteiger partial charge in [0.2, 0.25) is 0 Å². The standard InChI is InChI=1S/C19H30N2O2/c1-4-5-6-7-8-9-10-13-20-18(22)19(23)21-17-14-15(2)11-12-16(17)3/h11-12,14H,4-10,13H2,1-3H3,(H,20,22)(H,21,23). The van der Waals surface area contributed by atoms with E-state index in [1.165, 1.54) is 32.1 Å². The van der Waals surface area contributed by atoms with Crippen LogP contribution in [-0.2, 0) is 9.59 Å². The van der Waals surface area contributed by atoms with E-state index in [-0.39, 0.29) is 0 Å². The molecule has 1 rings (SSSR count). The van der Waals surface area contributed by atoms with Gasteiger partial charge in [-0.05, 0) is 37.5 Å². The fraction of sp³-hybridized carbons (Fsp3) is 0.579. The number of aryl methyl sites for hydroxylation is 2. The SMILES string of the molecule is CCCCCCCCCNC(=O)C(=O)Nc1cc(C)ccc1C. The highest BCUT2D eigenvalue weighted by atomic mass is 16.2. The Bertz CT molecular complexity index is 512. The van der Waals surface area contributed by atoms with Gasteiger partial charge in [-0.25, -0.2) is 0 Å². The van der Waals surface area contributed by atoms with Gasteiger partial charge in [0, 0.05) is 12.2 Å². The van der Waals surface area contributed by atoms with Crippen LogP contribution in [0.15, 0.2) is 18.2 Å². The smallest absolute Gasteiger partial charge is 0.313 e. The zero-order valence-electron chi connectivity index (χ0n) is 14.7. The average Bonchev–Trinajstić information content (AvgIpc) is 2.53. The third-order valence-electron chi connectivity index (χ3n) is 3.91. The number of nitrogens with one attached hydrogen (secondary N) is 2. The van der Waals surface area contributed by atoms with Gasteiger partial charge in [-0.15, -0.1) is 0 Å². The first kappa shape index (κ1) is 19.2. The van der Waals surface area contributed by atoms with Crippen LogP contribution in [0.25, 0.3) is 0 Å². The molecule has 128 valence electrons. The van der Waals surface area contributed by atoms with Crippen molar-refractivity contribution in [2.24, 2.45) is 0 Å². The van der Waals surface area contributed by atoms with Crippen LogP contribution in [0.1, 0.15) is 63.0 Å². The Balaban J connectivity index is 2.22. The molecular formula is C19H30N2O2. The van der Waals surface area contributed by atoms with E-state index in [1.54, 1.807) is 0 Å². The molecule has 23 heavy (non-hydrogen) atoms. The van der Waals surface area contributed by atoms with Crippen molar-refractivity contribution in [2.75, 3.05) is 11.9 Å². The zero-order chi connectivity index (χ0) is 17.1. The molecule has 2 N–H and O–H groups in total. The summed E-state index contributed by atoms with van der Waals surface area (Å²) in [6.07, 6.45) is 8.33. The molecule has 0 heterocycles. The summed E-state index contributed by atoms with van der Waals surface area (Å²) < 4.78 is 0. The van der Waals surface area contributed by atoms with Gasteiger partial charge in [-0.3, -0.25) is 9.59 Å². The number of amides is 2. The first-order valence-electron chi connectivity index (χ1n) is 8.71. The molecule has 0 aliphatic heterocycles. The van der Waals surface area contributed by atoms with E-state index < -0.39 is 11.8 Å². The van der Waals surface area contributed by atoms with Gasteiger partial charge in [-0.1, -0.05) is 57.6 Å². The molecule has 0 aliphatic carbocycles. The quantitative estimate of drug-likeness (QED) is 0.532.